The Balaban J connectivity index is 1.69. The molecular weight excluding hydrogens is 354 g/mol. The lowest BCUT2D eigenvalue weighted by Gasteiger charge is -2.16. The topological polar surface area (TPSA) is 91.5 Å². The number of likely N-dealkylation sites (tertiary alicyclic amines) is 1. The fraction of sp³-hybridized carbons (Fsp3) is 0.500. The summed E-state index contributed by atoms with van der Waals surface area (Å²) in [6.45, 7) is 5.64. The predicted octanol–water partition coefficient (Wildman–Crippen LogP) is 1.08. The number of ether oxygens (including phenoxy) is 1. The van der Waals surface area contributed by atoms with Crippen molar-refractivity contribution in [2.45, 2.75) is 18.2 Å². The molecule has 1 aliphatic heterocycles. The molecule has 2 N–H and O–H groups in total. The molecule has 0 saturated carbocycles. The van der Waals surface area contributed by atoms with Crippen molar-refractivity contribution in [1.82, 2.24) is 14.6 Å². The van der Waals surface area contributed by atoms with Crippen LogP contribution in [0.15, 0.2) is 34.0 Å². The van der Waals surface area contributed by atoms with Crippen LogP contribution in [0, 0.1) is 12.8 Å². The van der Waals surface area contributed by atoms with E-state index in [0.29, 0.717) is 24.6 Å². The number of sulfonamides is 1. The van der Waals surface area contributed by atoms with Gasteiger partial charge < -0.3 is 14.6 Å². The Hall–Kier alpha value is -1.74. The largest absolute Gasteiger partial charge is 0.383 e. The van der Waals surface area contributed by atoms with Crippen LogP contribution < -0.4 is 10.3 Å². The highest BCUT2D eigenvalue weighted by Gasteiger charge is 2.24. The Morgan fingerprint density at radius 3 is 2.92 bits per heavy atom. The molecule has 1 aromatic heterocycles. The highest BCUT2D eigenvalue weighted by Crippen LogP contribution is 2.20. The molecule has 0 amide bonds. The lowest BCUT2D eigenvalue weighted by molar-refractivity contribution is 0.159. The van der Waals surface area contributed by atoms with E-state index >= 15 is 0 Å². The van der Waals surface area contributed by atoms with Gasteiger partial charge in [0.1, 0.15) is 0 Å². The van der Waals surface area contributed by atoms with Crippen molar-refractivity contribution in [2.75, 3.05) is 39.9 Å². The van der Waals surface area contributed by atoms with Gasteiger partial charge in [0.25, 0.3) is 0 Å². The SMILES string of the molecule is COCCN1CC[C@@H](CNS(=O)(=O)c2ccc3[nH]c(=O)cc(C)c3c2)C1. The molecule has 1 atom stereocenters. The summed E-state index contributed by atoms with van der Waals surface area (Å²) in [6, 6.07) is 6.25. The van der Waals surface area contributed by atoms with Crippen LogP contribution in [-0.2, 0) is 14.8 Å². The number of aromatic amines is 1. The van der Waals surface area contributed by atoms with Gasteiger partial charge in [0.05, 0.1) is 11.5 Å². The van der Waals surface area contributed by atoms with Crippen LogP contribution in [0.1, 0.15) is 12.0 Å². The summed E-state index contributed by atoms with van der Waals surface area (Å²) in [6.07, 6.45) is 0.976. The third-order valence-corrected chi connectivity index (χ3v) is 6.30. The Kier molecular flexibility index (Phi) is 5.76. The molecule has 2 heterocycles. The van der Waals surface area contributed by atoms with Gasteiger partial charge in [0, 0.05) is 43.7 Å². The minimum absolute atomic E-state index is 0.192. The number of H-pyrrole nitrogens is 1. The van der Waals surface area contributed by atoms with Gasteiger partial charge in [0.15, 0.2) is 0 Å². The second-order valence-corrected chi connectivity index (χ2v) is 8.59. The minimum Gasteiger partial charge on any atom is -0.383 e. The van der Waals surface area contributed by atoms with Gasteiger partial charge in [-0.15, -0.1) is 0 Å². The third-order valence-electron chi connectivity index (χ3n) is 4.88. The monoisotopic (exact) mass is 379 g/mol. The van der Waals surface area contributed by atoms with Crippen molar-refractivity contribution >= 4 is 20.9 Å². The van der Waals surface area contributed by atoms with Crippen molar-refractivity contribution < 1.29 is 13.2 Å². The summed E-state index contributed by atoms with van der Waals surface area (Å²) in [4.78, 5) is 16.8. The van der Waals surface area contributed by atoms with Gasteiger partial charge in [-0.25, -0.2) is 13.1 Å². The molecule has 26 heavy (non-hydrogen) atoms. The lowest BCUT2D eigenvalue weighted by atomic mass is 10.1. The zero-order valence-corrected chi connectivity index (χ0v) is 15.9. The van der Waals surface area contributed by atoms with E-state index in [9.17, 15) is 13.2 Å². The van der Waals surface area contributed by atoms with Crippen LogP contribution in [0.4, 0.5) is 0 Å². The quantitative estimate of drug-likeness (QED) is 0.751. The maximum Gasteiger partial charge on any atom is 0.248 e. The van der Waals surface area contributed by atoms with E-state index in [1.165, 1.54) is 12.1 Å². The molecule has 0 radical (unpaired) electrons. The Labute approximate surface area is 153 Å². The van der Waals surface area contributed by atoms with Gasteiger partial charge in [-0.3, -0.25) is 4.79 Å². The molecule has 2 aromatic rings. The molecule has 1 saturated heterocycles. The Morgan fingerprint density at radius 1 is 1.35 bits per heavy atom. The van der Waals surface area contributed by atoms with Crippen molar-refractivity contribution in [3.63, 3.8) is 0 Å². The van der Waals surface area contributed by atoms with Crippen LogP contribution in [-0.4, -0.2) is 58.2 Å². The van der Waals surface area contributed by atoms with Crippen LogP contribution in [0.5, 0.6) is 0 Å². The molecule has 1 aromatic carbocycles. The molecule has 3 rings (SSSR count). The van der Waals surface area contributed by atoms with Crippen LogP contribution >= 0.6 is 0 Å². The first-order chi connectivity index (χ1) is 12.4. The van der Waals surface area contributed by atoms with Gasteiger partial charge in [-0.2, -0.15) is 0 Å². The zero-order chi connectivity index (χ0) is 18.7. The number of benzene rings is 1. The Morgan fingerprint density at radius 2 is 2.15 bits per heavy atom. The summed E-state index contributed by atoms with van der Waals surface area (Å²) < 4.78 is 33.1. The number of aromatic nitrogens is 1. The maximum atomic E-state index is 12.6. The van der Waals surface area contributed by atoms with Gasteiger partial charge in [-0.1, -0.05) is 0 Å². The fourth-order valence-electron chi connectivity index (χ4n) is 3.38. The summed E-state index contributed by atoms with van der Waals surface area (Å²) in [5.74, 6) is 0.306. The highest BCUT2D eigenvalue weighted by molar-refractivity contribution is 7.89. The summed E-state index contributed by atoms with van der Waals surface area (Å²) >= 11 is 0. The number of fused-ring (bicyclic) bond motifs is 1. The van der Waals surface area contributed by atoms with Crippen LogP contribution in [0.25, 0.3) is 10.9 Å². The number of nitrogens with one attached hydrogen (secondary N) is 2. The number of pyridine rings is 1. The number of rotatable bonds is 7. The van der Waals surface area contributed by atoms with Crippen molar-refractivity contribution in [2.24, 2.45) is 5.92 Å². The second kappa shape index (κ2) is 7.87. The van der Waals surface area contributed by atoms with E-state index in [0.717, 1.165) is 37.0 Å². The highest BCUT2D eigenvalue weighted by atomic mass is 32.2. The minimum atomic E-state index is -3.59. The number of aryl methyl sites for hydroxylation is 1. The molecule has 0 bridgehead atoms. The molecular formula is C18H25N3O4S. The average molecular weight is 379 g/mol. The van der Waals surface area contributed by atoms with Crippen LogP contribution in [0.3, 0.4) is 0 Å². The predicted molar refractivity (Wildman–Crippen MR) is 101 cm³/mol. The van der Waals surface area contributed by atoms with Gasteiger partial charge in [0.2, 0.25) is 15.6 Å². The smallest absolute Gasteiger partial charge is 0.248 e. The first kappa shape index (κ1) is 19.0. The number of hydrogen-bond donors (Lipinski definition) is 2. The number of methoxy groups -OCH3 is 1. The molecule has 1 fully saturated rings. The number of hydrogen-bond acceptors (Lipinski definition) is 5. The van der Waals surface area contributed by atoms with Gasteiger partial charge in [-0.05, 0) is 49.6 Å². The van der Waals surface area contributed by atoms with E-state index in [4.69, 9.17) is 4.74 Å². The second-order valence-electron chi connectivity index (χ2n) is 6.82. The van der Waals surface area contributed by atoms with E-state index in [1.54, 1.807) is 26.2 Å². The van der Waals surface area contributed by atoms with Gasteiger partial charge >= 0.3 is 0 Å². The van der Waals surface area contributed by atoms with Crippen molar-refractivity contribution in [3.05, 3.63) is 40.2 Å². The molecule has 0 spiro atoms. The number of nitrogens with zero attached hydrogens (tertiary/aromatic N) is 1. The first-order valence-electron chi connectivity index (χ1n) is 8.73. The summed E-state index contributed by atoms with van der Waals surface area (Å²) in [5, 5.41) is 0.735. The molecule has 8 heteroatoms. The molecule has 1 aliphatic rings. The summed E-state index contributed by atoms with van der Waals surface area (Å²) in [5.41, 5.74) is 1.20. The molecule has 142 valence electrons. The fourth-order valence-corrected chi connectivity index (χ4v) is 4.52. The first-order valence-corrected chi connectivity index (χ1v) is 10.2. The molecule has 0 unspecified atom stereocenters. The summed E-state index contributed by atoms with van der Waals surface area (Å²) in [7, 11) is -1.90. The molecule has 0 aliphatic carbocycles. The van der Waals surface area contributed by atoms with E-state index in [1.807, 2.05) is 0 Å². The standard InChI is InChI=1S/C18H25N3O4S/c1-13-9-18(22)20-17-4-3-15(10-16(13)17)26(23,24)19-11-14-5-6-21(12-14)7-8-25-2/h3-4,9-10,14,19H,5-8,11-12H2,1-2H3,(H,20,22)/t14-/m0/s1. The van der Waals surface area contributed by atoms with E-state index in [2.05, 4.69) is 14.6 Å². The molecule has 7 nitrogen and oxygen atoms in total. The van der Waals surface area contributed by atoms with Crippen molar-refractivity contribution in [1.29, 1.82) is 0 Å². The Bertz CT molecular complexity index is 939. The third kappa shape index (κ3) is 4.32. The maximum absolute atomic E-state index is 12.6. The van der Waals surface area contributed by atoms with Crippen molar-refractivity contribution in [3.8, 4) is 0 Å². The van der Waals surface area contributed by atoms with E-state index < -0.39 is 10.0 Å². The average Bonchev–Trinajstić information content (AvgIpc) is 3.06. The normalized spacial score (nSPS) is 18.6. The lowest BCUT2D eigenvalue weighted by Crippen LogP contribution is -2.31. The van der Waals surface area contributed by atoms with Crippen LogP contribution in [0.2, 0.25) is 0 Å². The zero-order valence-electron chi connectivity index (χ0n) is 15.1. The van der Waals surface area contributed by atoms with E-state index in [-0.39, 0.29) is 10.5 Å².